The van der Waals surface area contributed by atoms with E-state index < -0.39 is 0 Å². The fourth-order valence-corrected chi connectivity index (χ4v) is 6.36. The van der Waals surface area contributed by atoms with Gasteiger partial charge < -0.3 is 10.6 Å². The van der Waals surface area contributed by atoms with Crippen LogP contribution in [0.5, 0.6) is 0 Å². The number of amides is 1. The van der Waals surface area contributed by atoms with Crippen molar-refractivity contribution in [2.75, 3.05) is 17.7 Å². The predicted octanol–water partition coefficient (Wildman–Crippen LogP) is 12.1. The van der Waals surface area contributed by atoms with Crippen molar-refractivity contribution in [1.29, 1.82) is 0 Å². The Kier molecular flexibility index (Phi) is 16.8. The molecule has 5 nitrogen and oxygen atoms in total. The highest BCUT2D eigenvalue weighted by Crippen LogP contribution is 2.30. The third-order valence-electron chi connectivity index (χ3n) is 7.70. The SMILES string of the molecule is CC(C)c1cccc(-c2ccc(C=O)s2)c1.CCc1ccc(NC=O)cc1.CNc1cccnc1.Cc1ccc(-c2cccc(C(C)C)c2)s1. The molecule has 0 aliphatic rings. The minimum Gasteiger partial charge on any atom is -0.387 e. The first-order chi connectivity index (χ1) is 24.2. The maximum atomic E-state index is 10.6. The van der Waals surface area contributed by atoms with Gasteiger partial charge in [0.2, 0.25) is 6.41 Å². The van der Waals surface area contributed by atoms with Gasteiger partial charge in [0.25, 0.3) is 0 Å². The summed E-state index contributed by atoms with van der Waals surface area (Å²) in [5.74, 6) is 1.14. The maximum Gasteiger partial charge on any atom is 0.211 e. The predicted molar refractivity (Wildman–Crippen MR) is 217 cm³/mol. The van der Waals surface area contributed by atoms with Crippen LogP contribution in [0.3, 0.4) is 0 Å². The molecule has 7 heteroatoms. The Morgan fingerprint density at radius 3 is 1.72 bits per heavy atom. The molecule has 0 saturated heterocycles. The molecule has 0 spiro atoms. The van der Waals surface area contributed by atoms with E-state index in [-0.39, 0.29) is 0 Å². The lowest BCUT2D eigenvalue weighted by molar-refractivity contribution is -0.105. The van der Waals surface area contributed by atoms with Crippen molar-refractivity contribution in [1.82, 2.24) is 4.98 Å². The number of thiophene rings is 2. The highest BCUT2D eigenvalue weighted by molar-refractivity contribution is 7.17. The Hall–Kier alpha value is -4.85. The summed E-state index contributed by atoms with van der Waals surface area (Å²) in [6.45, 7) is 13.1. The number of pyridine rings is 1. The number of nitrogens with zero attached hydrogens (tertiary/aromatic N) is 1. The van der Waals surface area contributed by atoms with Gasteiger partial charge in [0.15, 0.2) is 6.29 Å². The van der Waals surface area contributed by atoms with Crippen LogP contribution in [-0.2, 0) is 11.2 Å². The molecule has 6 aromatic rings. The molecule has 0 fully saturated rings. The summed E-state index contributed by atoms with van der Waals surface area (Å²) in [7, 11) is 1.87. The van der Waals surface area contributed by atoms with Gasteiger partial charge in [0, 0.05) is 39.8 Å². The van der Waals surface area contributed by atoms with Crippen LogP contribution >= 0.6 is 22.7 Å². The Labute approximate surface area is 306 Å². The van der Waals surface area contributed by atoms with Gasteiger partial charge >= 0.3 is 0 Å². The molecule has 0 unspecified atom stereocenters. The number of aldehydes is 1. The van der Waals surface area contributed by atoms with Crippen LogP contribution in [0.15, 0.2) is 122 Å². The van der Waals surface area contributed by atoms with Crippen molar-refractivity contribution in [3.8, 4) is 20.9 Å². The summed E-state index contributed by atoms with van der Waals surface area (Å²) in [6, 6.07) is 37.3. The third-order valence-corrected chi connectivity index (χ3v) is 9.81. The number of benzene rings is 3. The van der Waals surface area contributed by atoms with Crippen molar-refractivity contribution < 1.29 is 9.59 Å². The second kappa shape index (κ2) is 21.3. The van der Waals surface area contributed by atoms with Gasteiger partial charge in [-0.2, -0.15) is 0 Å². The molecule has 3 aromatic heterocycles. The first-order valence-electron chi connectivity index (χ1n) is 16.9. The molecule has 260 valence electrons. The number of carbonyl (C=O) groups excluding carboxylic acids is 2. The van der Waals surface area contributed by atoms with Gasteiger partial charge in [-0.15, -0.1) is 22.7 Å². The smallest absolute Gasteiger partial charge is 0.211 e. The molecule has 3 aromatic carbocycles. The normalized spacial score (nSPS) is 10.1. The highest BCUT2D eigenvalue weighted by Gasteiger charge is 2.05. The molecule has 0 aliphatic carbocycles. The van der Waals surface area contributed by atoms with Gasteiger partial charge in [0.1, 0.15) is 0 Å². The molecule has 0 bridgehead atoms. The van der Waals surface area contributed by atoms with Crippen molar-refractivity contribution in [2.24, 2.45) is 0 Å². The summed E-state index contributed by atoms with van der Waals surface area (Å²) in [6.07, 6.45) is 6.14. The molecular formula is C43H49N3O2S2. The van der Waals surface area contributed by atoms with Gasteiger partial charge in [0.05, 0.1) is 10.6 Å². The van der Waals surface area contributed by atoms with Crippen LogP contribution in [0, 0.1) is 6.92 Å². The number of aryl methyl sites for hydroxylation is 2. The number of aromatic nitrogens is 1. The van der Waals surface area contributed by atoms with Crippen molar-refractivity contribution in [3.05, 3.63) is 148 Å². The zero-order chi connectivity index (χ0) is 36.3. The van der Waals surface area contributed by atoms with E-state index in [1.54, 1.807) is 12.4 Å². The summed E-state index contributed by atoms with van der Waals surface area (Å²) in [5.41, 5.74) is 8.46. The van der Waals surface area contributed by atoms with Crippen molar-refractivity contribution in [2.45, 2.75) is 59.8 Å². The van der Waals surface area contributed by atoms with E-state index in [2.05, 4.69) is 118 Å². The lowest BCUT2D eigenvalue weighted by Gasteiger charge is -2.06. The largest absolute Gasteiger partial charge is 0.387 e. The number of hydrogen-bond donors (Lipinski definition) is 2. The second-order valence-corrected chi connectivity index (χ2v) is 14.5. The lowest BCUT2D eigenvalue weighted by Crippen LogP contribution is -1.92. The summed E-state index contributed by atoms with van der Waals surface area (Å²) >= 11 is 3.40. The standard InChI is InChI=1S/C14H14OS.C14H16S.C9H11NO.C6H8N2/c1-10(2)11-4-3-5-12(8-11)14-7-6-13(9-15)16-14;1-10(2)12-5-4-6-13(9-12)14-8-7-11(3)15-14;1-2-8-3-5-9(6-4-8)10-7-11;1-7-6-3-2-4-8-5-6/h3-10H,1-2H3;4-10H,1-3H3;3-7H,2H2,1H3,(H,10,11);2-5,7H,1H3. The summed E-state index contributed by atoms with van der Waals surface area (Å²) in [5, 5.41) is 5.54. The molecule has 0 saturated carbocycles. The topological polar surface area (TPSA) is 71.1 Å². The monoisotopic (exact) mass is 703 g/mol. The Balaban J connectivity index is 0.000000186. The number of nitrogens with one attached hydrogen (secondary N) is 2. The van der Waals surface area contributed by atoms with Crippen LogP contribution in [0.1, 0.15) is 77.7 Å². The van der Waals surface area contributed by atoms with E-state index in [1.807, 2.05) is 66.9 Å². The van der Waals surface area contributed by atoms with E-state index in [9.17, 15) is 9.59 Å². The van der Waals surface area contributed by atoms with Crippen LogP contribution in [0.25, 0.3) is 20.9 Å². The van der Waals surface area contributed by atoms with Gasteiger partial charge in [-0.1, -0.05) is 95.3 Å². The quantitative estimate of drug-likeness (QED) is 0.147. The Morgan fingerprint density at radius 2 is 1.30 bits per heavy atom. The zero-order valence-corrected chi connectivity index (χ0v) is 31.8. The average molecular weight is 704 g/mol. The van der Waals surface area contributed by atoms with E-state index in [1.165, 1.54) is 48.9 Å². The lowest BCUT2D eigenvalue weighted by atomic mass is 10.0. The van der Waals surface area contributed by atoms with E-state index in [4.69, 9.17) is 0 Å². The molecule has 50 heavy (non-hydrogen) atoms. The fourth-order valence-electron chi connectivity index (χ4n) is 4.68. The van der Waals surface area contributed by atoms with Crippen LogP contribution in [0.2, 0.25) is 0 Å². The number of carbonyl (C=O) groups is 2. The summed E-state index contributed by atoms with van der Waals surface area (Å²) in [4.78, 5) is 29.2. The molecule has 6 rings (SSSR count). The first kappa shape index (κ1) is 39.6. The van der Waals surface area contributed by atoms with Crippen LogP contribution in [0.4, 0.5) is 11.4 Å². The Morgan fingerprint density at radius 1 is 0.700 bits per heavy atom. The van der Waals surface area contributed by atoms with Gasteiger partial charge in [-0.25, -0.2) is 0 Å². The molecule has 0 radical (unpaired) electrons. The van der Waals surface area contributed by atoms with Crippen molar-refractivity contribution >= 4 is 46.7 Å². The summed E-state index contributed by atoms with van der Waals surface area (Å²) < 4.78 is 0. The second-order valence-electron chi connectivity index (χ2n) is 12.1. The number of rotatable bonds is 9. The molecule has 1 amide bonds. The molecule has 0 atom stereocenters. The Bertz CT molecular complexity index is 1860. The van der Waals surface area contributed by atoms with Crippen LogP contribution < -0.4 is 10.6 Å². The first-order valence-corrected chi connectivity index (χ1v) is 18.5. The number of anilines is 2. The third kappa shape index (κ3) is 13.2. The van der Waals surface area contributed by atoms with Gasteiger partial charge in [-0.3, -0.25) is 14.6 Å². The fraction of sp³-hybridized carbons (Fsp3) is 0.233. The van der Waals surface area contributed by atoms with E-state index >= 15 is 0 Å². The minimum atomic E-state index is 0.533. The average Bonchev–Trinajstić information content (AvgIpc) is 3.83. The van der Waals surface area contributed by atoms with Crippen molar-refractivity contribution in [3.63, 3.8) is 0 Å². The van der Waals surface area contributed by atoms with Crippen LogP contribution in [-0.4, -0.2) is 24.7 Å². The van der Waals surface area contributed by atoms with E-state index in [0.717, 1.165) is 33.8 Å². The molecule has 2 N–H and O–H groups in total. The maximum absolute atomic E-state index is 10.6. The number of hydrogen-bond acceptors (Lipinski definition) is 6. The van der Waals surface area contributed by atoms with E-state index in [0.29, 0.717) is 18.2 Å². The molecular weight excluding hydrogens is 655 g/mol. The zero-order valence-electron chi connectivity index (χ0n) is 30.1. The van der Waals surface area contributed by atoms with Gasteiger partial charge in [-0.05, 0) is 102 Å². The molecule has 3 heterocycles. The minimum absolute atomic E-state index is 0.533. The molecule has 0 aliphatic heterocycles. The highest BCUT2D eigenvalue weighted by atomic mass is 32.1.